The number of carbonyl (C=O) groups is 1. The Balaban J connectivity index is 4.56. The number of halogens is 2. The molecule has 0 bridgehead atoms. The van der Waals surface area contributed by atoms with Gasteiger partial charge in [-0.15, -0.1) is 11.6 Å². The SMILES string of the molecule is COC(=O)N(CCCl)S(=O)(=O)Cl. The lowest BCUT2D eigenvalue weighted by atomic mass is 10.7. The Morgan fingerprint density at radius 3 is 2.33 bits per heavy atom. The van der Waals surface area contributed by atoms with Crippen molar-refractivity contribution in [3.8, 4) is 0 Å². The van der Waals surface area contributed by atoms with Crippen LogP contribution in [0.1, 0.15) is 0 Å². The molecule has 0 spiro atoms. The molecule has 0 fully saturated rings. The number of carbonyl (C=O) groups excluding carboxylic acids is 1. The van der Waals surface area contributed by atoms with E-state index in [1.54, 1.807) is 0 Å². The smallest absolute Gasteiger partial charge is 0.424 e. The summed E-state index contributed by atoms with van der Waals surface area (Å²) in [6.07, 6.45) is -1.05. The predicted octanol–water partition coefficient (Wildman–Crippen LogP) is 0.777. The molecule has 12 heavy (non-hydrogen) atoms. The van der Waals surface area contributed by atoms with E-state index in [4.69, 9.17) is 22.3 Å². The molecule has 0 aromatic carbocycles. The van der Waals surface area contributed by atoms with E-state index in [0.717, 1.165) is 7.11 Å². The second-order valence-electron chi connectivity index (χ2n) is 1.67. The first-order valence-electron chi connectivity index (χ1n) is 2.79. The minimum atomic E-state index is -4.09. The molecule has 0 saturated heterocycles. The summed E-state index contributed by atoms with van der Waals surface area (Å²) >= 11 is 5.23. The summed E-state index contributed by atoms with van der Waals surface area (Å²) in [5, 5.41) is 0. The number of hydrogen-bond donors (Lipinski definition) is 0. The van der Waals surface area contributed by atoms with Crippen LogP contribution in [0.2, 0.25) is 0 Å². The fourth-order valence-electron chi connectivity index (χ4n) is 0.468. The highest BCUT2D eigenvalue weighted by atomic mass is 35.7. The van der Waals surface area contributed by atoms with Crippen LogP contribution in [0, 0.1) is 0 Å². The molecule has 1 amide bonds. The molecule has 0 aliphatic rings. The van der Waals surface area contributed by atoms with Crippen LogP contribution in [-0.4, -0.2) is 38.4 Å². The van der Waals surface area contributed by atoms with Gasteiger partial charge in [0.05, 0.1) is 13.7 Å². The summed E-state index contributed by atoms with van der Waals surface area (Å²) in [7, 11) is 1.85. The second kappa shape index (κ2) is 4.74. The normalized spacial score (nSPS) is 10.9. The lowest BCUT2D eigenvalue weighted by molar-refractivity contribution is 0.151. The molecule has 0 aliphatic carbocycles. The molecule has 0 heterocycles. The van der Waals surface area contributed by atoms with Crippen molar-refractivity contribution >= 4 is 37.6 Å². The van der Waals surface area contributed by atoms with Gasteiger partial charge in [0.2, 0.25) is 0 Å². The van der Waals surface area contributed by atoms with Gasteiger partial charge in [-0.2, -0.15) is 12.7 Å². The molecular formula is C4H7Cl2NO4S. The highest BCUT2D eigenvalue weighted by molar-refractivity contribution is 8.12. The van der Waals surface area contributed by atoms with Gasteiger partial charge in [-0.3, -0.25) is 0 Å². The largest absolute Gasteiger partial charge is 0.452 e. The molecular weight excluding hydrogens is 229 g/mol. The van der Waals surface area contributed by atoms with Crippen LogP contribution in [0.3, 0.4) is 0 Å². The molecule has 0 atom stereocenters. The predicted molar refractivity (Wildman–Crippen MR) is 44.6 cm³/mol. The van der Waals surface area contributed by atoms with Crippen molar-refractivity contribution in [3.05, 3.63) is 0 Å². The van der Waals surface area contributed by atoms with Crippen LogP contribution in [0.25, 0.3) is 0 Å². The van der Waals surface area contributed by atoms with Gasteiger partial charge in [-0.05, 0) is 0 Å². The van der Waals surface area contributed by atoms with Crippen molar-refractivity contribution in [2.45, 2.75) is 0 Å². The highest BCUT2D eigenvalue weighted by Crippen LogP contribution is 2.07. The van der Waals surface area contributed by atoms with Gasteiger partial charge in [0, 0.05) is 16.6 Å². The first kappa shape index (κ1) is 11.8. The van der Waals surface area contributed by atoms with Gasteiger partial charge >= 0.3 is 15.3 Å². The monoisotopic (exact) mass is 235 g/mol. The number of nitrogens with zero attached hydrogens (tertiary/aromatic N) is 1. The first-order valence-corrected chi connectivity index (χ1v) is 5.59. The number of hydrogen-bond acceptors (Lipinski definition) is 4. The van der Waals surface area contributed by atoms with Crippen LogP contribution in [0.5, 0.6) is 0 Å². The zero-order chi connectivity index (χ0) is 9.78. The molecule has 0 aromatic heterocycles. The van der Waals surface area contributed by atoms with Gasteiger partial charge in [-0.25, -0.2) is 4.79 Å². The van der Waals surface area contributed by atoms with E-state index in [1.165, 1.54) is 0 Å². The van der Waals surface area contributed by atoms with E-state index in [-0.39, 0.29) is 12.4 Å². The van der Waals surface area contributed by atoms with E-state index in [9.17, 15) is 13.2 Å². The fraction of sp³-hybridized carbons (Fsp3) is 0.750. The molecule has 0 radical (unpaired) electrons. The Kier molecular flexibility index (Phi) is 4.66. The van der Waals surface area contributed by atoms with E-state index >= 15 is 0 Å². The van der Waals surface area contributed by atoms with Crippen LogP contribution < -0.4 is 0 Å². The number of alkyl halides is 1. The van der Waals surface area contributed by atoms with Crippen LogP contribution in [-0.2, 0) is 14.0 Å². The molecule has 72 valence electrons. The summed E-state index contributed by atoms with van der Waals surface area (Å²) in [6.45, 7) is -0.208. The maximum atomic E-state index is 10.7. The van der Waals surface area contributed by atoms with Gasteiger partial charge in [0.1, 0.15) is 0 Å². The van der Waals surface area contributed by atoms with E-state index in [0.29, 0.717) is 4.31 Å². The van der Waals surface area contributed by atoms with Crippen molar-refractivity contribution in [1.82, 2.24) is 4.31 Å². The van der Waals surface area contributed by atoms with Crippen LogP contribution in [0.15, 0.2) is 0 Å². The topological polar surface area (TPSA) is 63.7 Å². The minimum absolute atomic E-state index is 0.0406. The number of ether oxygens (including phenoxy) is 1. The highest BCUT2D eigenvalue weighted by Gasteiger charge is 2.25. The Bertz CT molecular complexity index is 252. The van der Waals surface area contributed by atoms with Gasteiger partial charge in [-0.1, -0.05) is 0 Å². The average molecular weight is 236 g/mol. The van der Waals surface area contributed by atoms with Crippen molar-refractivity contribution < 1.29 is 17.9 Å². The maximum Gasteiger partial charge on any atom is 0.424 e. The van der Waals surface area contributed by atoms with Crippen molar-refractivity contribution in [3.63, 3.8) is 0 Å². The zero-order valence-corrected chi connectivity index (χ0v) is 8.49. The molecule has 0 saturated carbocycles. The van der Waals surface area contributed by atoms with Crippen molar-refractivity contribution in [1.29, 1.82) is 0 Å². The van der Waals surface area contributed by atoms with E-state index in [2.05, 4.69) is 4.74 Å². The minimum Gasteiger partial charge on any atom is -0.452 e. The Morgan fingerprint density at radius 2 is 2.08 bits per heavy atom. The molecule has 8 heteroatoms. The zero-order valence-electron chi connectivity index (χ0n) is 6.16. The summed E-state index contributed by atoms with van der Waals surface area (Å²) in [6, 6.07) is 0. The number of amides is 1. The third kappa shape index (κ3) is 3.46. The molecule has 0 rings (SSSR count). The second-order valence-corrected chi connectivity index (χ2v) is 4.49. The first-order chi connectivity index (χ1) is 5.43. The quantitative estimate of drug-likeness (QED) is 0.536. The van der Waals surface area contributed by atoms with Crippen LogP contribution in [0.4, 0.5) is 4.79 Å². The number of methoxy groups -OCH3 is 1. The van der Waals surface area contributed by atoms with Crippen molar-refractivity contribution in [2.75, 3.05) is 19.5 Å². The van der Waals surface area contributed by atoms with E-state index in [1.807, 2.05) is 0 Å². The third-order valence-corrected chi connectivity index (χ3v) is 2.46. The van der Waals surface area contributed by atoms with Crippen molar-refractivity contribution in [2.24, 2.45) is 0 Å². The van der Waals surface area contributed by atoms with Gasteiger partial charge < -0.3 is 4.74 Å². The third-order valence-electron chi connectivity index (χ3n) is 0.929. The summed E-state index contributed by atoms with van der Waals surface area (Å²) in [4.78, 5) is 10.7. The molecule has 0 unspecified atom stereocenters. The number of rotatable bonds is 3. The molecule has 0 aromatic rings. The fourth-order valence-corrected chi connectivity index (χ4v) is 1.68. The average Bonchev–Trinajstić information content (AvgIpc) is 1.96. The van der Waals surface area contributed by atoms with E-state index < -0.39 is 15.3 Å². The molecule has 0 N–H and O–H groups in total. The van der Waals surface area contributed by atoms with Gasteiger partial charge in [0.15, 0.2) is 0 Å². The van der Waals surface area contributed by atoms with Gasteiger partial charge in [0.25, 0.3) is 0 Å². The lowest BCUT2D eigenvalue weighted by Crippen LogP contribution is -2.35. The lowest BCUT2D eigenvalue weighted by Gasteiger charge is -2.14. The standard InChI is InChI=1S/C4H7Cl2NO4S/c1-11-4(8)7(3-2-5)12(6,9)10/h2-3H2,1H3. The Labute approximate surface area is 79.7 Å². The summed E-state index contributed by atoms with van der Waals surface area (Å²) in [5.41, 5.74) is 0. The molecule has 0 aliphatic heterocycles. The Morgan fingerprint density at radius 1 is 1.58 bits per heavy atom. The summed E-state index contributed by atoms with van der Waals surface area (Å²) < 4.78 is 25.8. The maximum absolute atomic E-state index is 10.7. The molecule has 5 nitrogen and oxygen atoms in total. The summed E-state index contributed by atoms with van der Waals surface area (Å²) in [5.74, 6) is -0.0406. The van der Waals surface area contributed by atoms with Crippen LogP contribution >= 0.6 is 22.3 Å². The Hall–Kier alpha value is -0.200.